The van der Waals surface area contributed by atoms with E-state index in [1.54, 1.807) is 6.07 Å². The highest BCUT2D eigenvalue weighted by molar-refractivity contribution is 7.83. The summed E-state index contributed by atoms with van der Waals surface area (Å²) in [5.74, 6) is -0.572. The van der Waals surface area contributed by atoms with E-state index in [1.165, 1.54) is 0 Å². The minimum absolute atomic E-state index is 0. The lowest BCUT2D eigenvalue weighted by Crippen LogP contribution is -2.08. The molecule has 0 aliphatic carbocycles. The van der Waals surface area contributed by atoms with Crippen molar-refractivity contribution in [2.45, 2.75) is 6.42 Å². The smallest absolute Gasteiger partial charge is 0.231 e. The summed E-state index contributed by atoms with van der Waals surface area (Å²) in [6.07, 6.45) is -0.181. The minimum atomic E-state index is -4.42. The third-order valence-corrected chi connectivity index (χ3v) is 0.253. The predicted octanol–water partition coefficient (Wildman–Crippen LogP) is -1.83. The number of nitriles is 1. The number of nitrogens with zero attached hydrogens (tertiary/aromatic N) is 1. The van der Waals surface area contributed by atoms with Gasteiger partial charge >= 0.3 is 0 Å². The lowest BCUT2D eigenvalue weighted by molar-refractivity contribution is -0.117. The second-order valence-electron chi connectivity index (χ2n) is 1.29. The van der Waals surface area contributed by atoms with E-state index in [1.807, 2.05) is 0 Å². The number of hydrogen-bond donors (Lipinski definition) is 3. The van der Waals surface area contributed by atoms with Crippen LogP contribution in [0.1, 0.15) is 6.42 Å². The molecule has 1 amide bonds. The van der Waals surface area contributed by atoms with Gasteiger partial charge in [0.05, 0.1) is 6.07 Å². The molecule has 0 atom stereocenters. The Morgan fingerprint density at radius 3 is 1.83 bits per heavy atom. The summed E-state index contributed by atoms with van der Waals surface area (Å²) in [6, 6.07) is 1.59. The van der Waals surface area contributed by atoms with Crippen molar-refractivity contribution in [3.8, 4) is 6.07 Å². The molecule has 0 aromatic heterocycles. The van der Waals surface area contributed by atoms with Crippen LogP contribution < -0.4 is 17.0 Å². The Bertz CT molecular complexity index is 244. The second-order valence-corrected chi connectivity index (χ2v) is 2.28. The third-order valence-electron chi connectivity index (χ3n) is 0.253. The summed E-state index contributed by atoms with van der Waals surface area (Å²) in [6.45, 7) is 0. The van der Waals surface area contributed by atoms with Crippen molar-refractivity contribution in [3.05, 3.63) is 0 Å². The van der Waals surface area contributed by atoms with E-state index in [9.17, 15) is 4.79 Å². The zero-order valence-electron chi connectivity index (χ0n) is 6.35. The highest BCUT2D eigenvalue weighted by atomic mass is 32.2. The molecule has 0 heterocycles. The van der Waals surface area contributed by atoms with Crippen LogP contribution in [0.3, 0.4) is 0 Å². The van der Waals surface area contributed by atoms with E-state index in [2.05, 4.69) is 10.9 Å². The molecule has 0 bridgehead atoms. The second kappa shape index (κ2) is 7.89. The Hall–Kier alpha value is -1.21. The van der Waals surface area contributed by atoms with Gasteiger partial charge in [-0.05, 0) is 0 Å². The van der Waals surface area contributed by atoms with Gasteiger partial charge in [-0.3, -0.25) is 4.79 Å². The summed E-state index contributed by atoms with van der Waals surface area (Å²) in [5.41, 5.74) is 4.54. The van der Waals surface area contributed by atoms with Crippen molar-refractivity contribution in [2.75, 3.05) is 0 Å². The van der Waals surface area contributed by atoms with Crippen LogP contribution in [0, 0.1) is 11.3 Å². The van der Waals surface area contributed by atoms with E-state index in [0.29, 0.717) is 0 Å². The summed E-state index contributed by atoms with van der Waals surface area (Å²) >= 11 is 0. The largest absolute Gasteiger partial charge is 0.736 e. The maximum Gasteiger partial charge on any atom is 0.231 e. The van der Waals surface area contributed by atoms with Crippen LogP contribution in [0.25, 0.3) is 0 Å². The van der Waals surface area contributed by atoms with Gasteiger partial charge in [-0.2, -0.15) is 5.26 Å². The number of carbonyl (C=O) groups excluding carboxylic acids is 1. The normalized spacial score (nSPS) is 8.08. The topological polar surface area (TPSA) is 187 Å². The molecule has 0 aliphatic rings. The molecular formula is C3H10N4O4S. The van der Waals surface area contributed by atoms with Crippen molar-refractivity contribution in [3.63, 3.8) is 0 Å². The molecular weight excluding hydrogens is 188 g/mol. The molecule has 0 rings (SSSR count). The molecule has 0 spiro atoms. The molecule has 0 saturated carbocycles. The summed E-state index contributed by atoms with van der Waals surface area (Å²) < 4.78 is 26.6. The number of hydrogen-bond acceptors (Lipinski definition) is 5. The fourth-order valence-electron chi connectivity index (χ4n) is 0.0779. The van der Waals surface area contributed by atoms with E-state index in [-0.39, 0.29) is 12.6 Å². The Labute approximate surface area is 69.6 Å². The number of primary amides is 1. The molecule has 0 unspecified atom stereocenters. The van der Waals surface area contributed by atoms with Gasteiger partial charge in [0.2, 0.25) is 5.91 Å². The van der Waals surface area contributed by atoms with Gasteiger partial charge in [-0.1, -0.05) is 0 Å². The van der Waals surface area contributed by atoms with Crippen LogP contribution in [-0.2, 0) is 15.1 Å². The maximum atomic E-state index is 9.60. The fraction of sp³-hybridized carbons (Fsp3) is 0.333. The van der Waals surface area contributed by atoms with Gasteiger partial charge in [0, 0.05) is 0 Å². The number of rotatable bonds is 1. The number of carbonyl (C=O) groups is 1. The number of nitrogens with two attached hydrogens (primary N) is 2. The Balaban J connectivity index is -0.000000126. The van der Waals surface area contributed by atoms with Crippen LogP contribution in [-0.4, -0.2) is 18.9 Å². The van der Waals surface area contributed by atoms with Crippen LogP contribution >= 0.6 is 0 Å². The van der Waals surface area contributed by atoms with E-state index in [0.717, 1.165) is 0 Å². The average Bonchev–Trinajstić information content (AvgIpc) is 1.58. The van der Waals surface area contributed by atoms with Crippen LogP contribution in [0.2, 0.25) is 0 Å². The number of quaternary nitrogens is 1. The van der Waals surface area contributed by atoms with Crippen molar-refractivity contribution < 1.29 is 17.8 Å². The lowest BCUT2D eigenvalue weighted by Gasteiger charge is -1.90. The Morgan fingerprint density at radius 2 is 1.83 bits per heavy atom. The third kappa shape index (κ3) is 166. The van der Waals surface area contributed by atoms with Crippen LogP contribution in [0.5, 0.6) is 0 Å². The van der Waals surface area contributed by atoms with Crippen LogP contribution in [0.4, 0.5) is 0 Å². The Kier molecular flexibility index (Phi) is 11.2. The molecule has 0 aromatic carbocycles. The zero-order valence-corrected chi connectivity index (χ0v) is 7.17. The Morgan fingerprint density at radius 1 is 1.58 bits per heavy atom. The van der Waals surface area contributed by atoms with Crippen molar-refractivity contribution in [1.29, 1.82) is 5.26 Å². The first-order valence-corrected chi connectivity index (χ1v) is 3.63. The van der Waals surface area contributed by atoms with Crippen molar-refractivity contribution in [2.24, 2.45) is 10.9 Å². The predicted molar refractivity (Wildman–Crippen MR) is 39.3 cm³/mol. The molecule has 72 valence electrons. The summed E-state index contributed by atoms with van der Waals surface area (Å²) in [7, 11) is -4.42. The highest BCUT2D eigenvalue weighted by Crippen LogP contribution is 1.64. The molecule has 8 N–H and O–H groups in total. The minimum Gasteiger partial charge on any atom is -0.736 e. The quantitative estimate of drug-likeness (QED) is 0.417. The molecule has 0 fully saturated rings. The first-order valence-electron chi connectivity index (χ1n) is 2.16. The zero-order chi connectivity index (χ0) is 9.49. The monoisotopic (exact) mass is 198 g/mol. The molecule has 12 heavy (non-hydrogen) atoms. The average molecular weight is 198 g/mol. The van der Waals surface area contributed by atoms with Gasteiger partial charge in [-0.15, -0.1) is 0 Å². The van der Waals surface area contributed by atoms with Crippen molar-refractivity contribution >= 4 is 16.2 Å². The molecule has 0 aromatic rings. The van der Waals surface area contributed by atoms with Gasteiger partial charge < -0.3 is 16.4 Å². The van der Waals surface area contributed by atoms with Gasteiger partial charge in [-0.25, -0.2) is 13.6 Å². The van der Waals surface area contributed by atoms with E-state index >= 15 is 0 Å². The SMILES string of the molecule is N#CCC(N)=O.NS(=O)(=O)[O-].[NH4+]. The van der Waals surface area contributed by atoms with E-state index in [4.69, 9.17) is 18.2 Å². The summed E-state index contributed by atoms with van der Waals surface area (Å²) in [4.78, 5) is 9.60. The summed E-state index contributed by atoms with van der Waals surface area (Å²) in [5, 5.41) is 11.5. The molecule has 0 saturated heterocycles. The highest BCUT2D eigenvalue weighted by Gasteiger charge is 1.84. The fourth-order valence-corrected chi connectivity index (χ4v) is 0.0779. The molecule has 8 nitrogen and oxygen atoms in total. The van der Waals surface area contributed by atoms with Crippen molar-refractivity contribution in [1.82, 2.24) is 6.15 Å². The van der Waals surface area contributed by atoms with Crippen LogP contribution in [0.15, 0.2) is 0 Å². The number of amides is 1. The standard InChI is InChI=1S/C3H4N2O.H3NO3S.H3N/c4-2-1-3(5)6;1-5(2,3)4;/h1H2,(H2,5,6);(H3,1,2,3,4);1H3. The van der Waals surface area contributed by atoms with E-state index < -0.39 is 16.2 Å². The van der Waals surface area contributed by atoms with Gasteiger partial charge in [0.15, 0.2) is 10.3 Å². The first kappa shape index (κ1) is 17.0. The molecule has 0 radical (unpaired) electrons. The van der Waals surface area contributed by atoms with Gasteiger partial charge in [0.25, 0.3) is 0 Å². The van der Waals surface area contributed by atoms with Gasteiger partial charge in [0.1, 0.15) is 6.42 Å². The maximum absolute atomic E-state index is 9.60. The molecule has 9 heteroatoms. The molecule has 0 aliphatic heterocycles. The lowest BCUT2D eigenvalue weighted by atomic mass is 10.5. The first-order chi connectivity index (χ1) is 4.77.